The number of nitrogens with zero attached hydrogens (tertiary/aromatic N) is 3. The molecule has 0 aliphatic carbocycles. The van der Waals surface area contributed by atoms with Crippen LogP contribution >= 0.6 is 11.6 Å². The zero-order valence-electron chi connectivity index (χ0n) is 26.4. The molecule has 4 aromatic rings. The first-order valence-corrected chi connectivity index (χ1v) is 15.4. The molecule has 0 radical (unpaired) electrons. The monoisotopic (exact) mass is 651 g/mol. The fourth-order valence-electron chi connectivity index (χ4n) is 5.32. The average Bonchev–Trinajstić information content (AvgIpc) is 3.44. The van der Waals surface area contributed by atoms with Crippen LogP contribution in [-0.2, 0) is 9.53 Å². The molecule has 2 aromatic heterocycles. The van der Waals surface area contributed by atoms with E-state index < -0.39 is 6.03 Å². The Kier molecular flexibility index (Phi) is 10.5. The number of amides is 3. The number of anilines is 2. The van der Waals surface area contributed by atoms with Gasteiger partial charge in [0.25, 0.3) is 0 Å². The van der Waals surface area contributed by atoms with Crippen LogP contribution in [0.25, 0.3) is 10.9 Å². The summed E-state index contributed by atoms with van der Waals surface area (Å²) in [5, 5.41) is 9.96. The zero-order valence-corrected chi connectivity index (χ0v) is 27.1. The number of ether oxygens (including phenoxy) is 4. The van der Waals surface area contributed by atoms with Crippen molar-refractivity contribution in [1.82, 2.24) is 15.0 Å². The molecule has 0 unspecified atom stereocenters. The van der Waals surface area contributed by atoms with E-state index in [9.17, 15) is 9.59 Å². The van der Waals surface area contributed by atoms with Gasteiger partial charge in [-0.1, -0.05) is 23.7 Å². The Morgan fingerprint density at radius 2 is 1.85 bits per heavy atom. The summed E-state index contributed by atoms with van der Waals surface area (Å²) >= 11 is 6.45. The molecule has 3 heterocycles. The molecule has 1 saturated heterocycles. The number of likely N-dealkylation sites (tertiary alicyclic amines) is 1. The van der Waals surface area contributed by atoms with Gasteiger partial charge in [-0.15, -0.1) is 0 Å². The molecular formula is C33H38ClN5O7. The Morgan fingerprint density at radius 3 is 2.54 bits per heavy atom. The lowest BCUT2D eigenvalue weighted by atomic mass is 9.81. The standard InChI is InChI=1S/C33H38ClN5O7/c1-21-16-30(38-46-21)37-32(41)36-25-8-7-22(17-24(25)34)45-27-9-12-35-26-19-29(28(43-4)18-23(26)27)44-15-5-6-31(40)39-13-10-33(2,11-14-39)20-42-3/h7-9,12,16-19H,5-6,10-11,13-15,20H2,1-4H3,(H2,36,37,38,41). The smallest absolute Gasteiger partial charge is 0.324 e. The molecule has 0 bridgehead atoms. The summed E-state index contributed by atoms with van der Waals surface area (Å²) in [5.41, 5.74) is 1.16. The van der Waals surface area contributed by atoms with Gasteiger partial charge in [-0.25, -0.2) is 4.79 Å². The van der Waals surface area contributed by atoms with Gasteiger partial charge in [-0.2, -0.15) is 0 Å². The van der Waals surface area contributed by atoms with Gasteiger partial charge < -0.3 is 33.7 Å². The molecule has 3 amide bonds. The molecule has 2 aromatic carbocycles. The van der Waals surface area contributed by atoms with Crippen molar-refractivity contribution in [3.05, 3.63) is 59.4 Å². The molecule has 0 atom stereocenters. The van der Waals surface area contributed by atoms with Gasteiger partial charge in [0.1, 0.15) is 17.3 Å². The predicted octanol–water partition coefficient (Wildman–Crippen LogP) is 7.06. The van der Waals surface area contributed by atoms with E-state index in [0.717, 1.165) is 25.9 Å². The molecule has 46 heavy (non-hydrogen) atoms. The molecule has 0 spiro atoms. The molecule has 0 saturated carbocycles. The van der Waals surface area contributed by atoms with Crippen molar-refractivity contribution >= 4 is 45.9 Å². The number of pyridine rings is 1. The Labute approximate surface area is 272 Å². The Morgan fingerprint density at radius 1 is 1.04 bits per heavy atom. The van der Waals surface area contributed by atoms with Crippen molar-refractivity contribution in [2.75, 3.05) is 51.2 Å². The zero-order chi connectivity index (χ0) is 32.7. The minimum atomic E-state index is -0.520. The Hall–Kier alpha value is -4.55. The van der Waals surface area contributed by atoms with Crippen LogP contribution in [0.2, 0.25) is 5.02 Å². The number of rotatable bonds is 12. The van der Waals surface area contributed by atoms with Gasteiger partial charge in [-0.05, 0) is 55.9 Å². The van der Waals surface area contributed by atoms with Gasteiger partial charge in [0.05, 0.1) is 36.6 Å². The second-order valence-electron chi connectivity index (χ2n) is 11.6. The fourth-order valence-corrected chi connectivity index (χ4v) is 5.54. The Bertz CT molecular complexity index is 1690. The van der Waals surface area contributed by atoms with Crippen molar-refractivity contribution in [2.45, 2.75) is 39.5 Å². The number of piperidine rings is 1. The van der Waals surface area contributed by atoms with Crippen molar-refractivity contribution in [1.29, 1.82) is 0 Å². The van der Waals surface area contributed by atoms with Gasteiger partial charge >= 0.3 is 6.03 Å². The Balaban J connectivity index is 1.18. The summed E-state index contributed by atoms with van der Waals surface area (Å²) in [6.07, 6.45) is 4.51. The lowest BCUT2D eigenvalue weighted by Crippen LogP contribution is -2.43. The number of halogens is 1. The maximum atomic E-state index is 12.8. The minimum Gasteiger partial charge on any atom is -0.493 e. The summed E-state index contributed by atoms with van der Waals surface area (Å²) in [4.78, 5) is 31.5. The summed E-state index contributed by atoms with van der Waals surface area (Å²) in [6.45, 7) is 6.51. The maximum absolute atomic E-state index is 12.8. The number of benzene rings is 2. The third-order valence-corrected chi connectivity index (χ3v) is 8.19. The molecule has 1 aliphatic heterocycles. The summed E-state index contributed by atoms with van der Waals surface area (Å²) in [6, 6.07) is 11.3. The minimum absolute atomic E-state index is 0.133. The van der Waals surface area contributed by atoms with Crippen LogP contribution in [0.15, 0.2) is 53.2 Å². The number of carbonyl (C=O) groups excluding carboxylic acids is 2. The van der Waals surface area contributed by atoms with Crippen molar-refractivity contribution in [2.24, 2.45) is 5.41 Å². The van der Waals surface area contributed by atoms with Crippen LogP contribution in [0.1, 0.15) is 38.4 Å². The van der Waals surface area contributed by atoms with E-state index in [2.05, 4.69) is 27.7 Å². The van der Waals surface area contributed by atoms with Crippen molar-refractivity contribution in [3.8, 4) is 23.0 Å². The lowest BCUT2D eigenvalue weighted by molar-refractivity contribution is -0.134. The number of aromatic nitrogens is 2. The second-order valence-corrected chi connectivity index (χ2v) is 12.0. The highest BCUT2D eigenvalue weighted by Crippen LogP contribution is 2.38. The quantitative estimate of drug-likeness (QED) is 0.154. The highest BCUT2D eigenvalue weighted by atomic mass is 35.5. The molecule has 5 rings (SSSR count). The predicted molar refractivity (Wildman–Crippen MR) is 174 cm³/mol. The van der Waals surface area contributed by atoms with Crippen molar-refractivity contribution < 1.29 is 33.1 Å². The fraction of sp³-hybridized carbons (Fsp3) is 0.394. The largest absolute Gasteiger partial charge is 0.493 e. The van der Waals surface area contributed by atoms with E-state index in [0.29, 0.717) is 71.4 Å². The third kappa shape index (κ3) is 8.18. The summed E-state index contributed by atoms with van der Waals surface area (Å²) in [7, 11) is 3.29. The molecular weight excluding hydrogens is 614 g/mol. The normalized spacial score (nSPS) is 14.2. The number of methoxy groups -OCH3 is 2. The number of urea groups is 1. The second kappa shape index (κ2) is 14.7. The first kappa shape index (κ1) is 32.8. The van der Waals surface area contributed by atoms with Crippen LogP contribution in [0.5, 0.6) is 23.0 Å². The van der Waals surface area contributed by atoms with E-state index in [1.807, 2.05) is 4.90 Å². The molecule has 12 nitrogen and oxygen atoms in total. The van der Waals surface area contributed by atoms with Gasteiger partial charge in [0.2, 0.25) is 5.91 Å². The molecule has 1 fully saturated rings. The number of hydrogen-bond acceptors (Lipinski definition) is 9. The van der Waals surface area contributed by atoms with Gasteiger partial charge in [0, 0.05) is 56.4 Å². The summed E-state index contributed by atoms with van der Waals surface area (Å²) in [5.74, 6) is 3.02. The van der Waals surface area contributed by atoms with Crippen molar-refractivity contribution in [3.63, 3.8) is 0 Å². The first-order chi connectivity index (χ1) is 22.2. The van der Waals surface area contributed by atoms with E-state index in [4.69, 9.17) is 35.1 Å². The number of hydrogen-bond donors (Lipinski definition) is 2. The third-order valence-electron chi connectivity index (χ3n) is 7.88. The average molecular weight is 652 g/mol. The SMILES string of the molecule is COCC1(C)CCN(C(=O)CCCOc2cc3nccc(Oc4ccc(NC(=O)Nc5cc(C)on5)c(Cl)c4)c3cc2OC)CC1. The number of fused-ring (bicyclic) bond motifs is 1. The highest BCUT2D eigenvalue weighted by Gasteiger charge is 2.31. The van der Waals surface area contributed by atoms with Gasteiger partial charge in [0.15, 0.2) is 17.3 Å². The lowest BCUT2D eigenvalue weighted by Gasteiger charge is -2.39. The van der Waals surface area contributed by atoms with Crippen LogP contribution in [0, 0.1) is 12.3 Å². The van der Waals surface area contributed by atoms with Crippen LogP contribution in [0.4, 0.5) is 16.3 Å². The van der Waals surface area contributed by atoms with E-state index >= 15 is 0 Å². The highest BCUT2D eigenvalue weighted by molar-refractivity contribution is 6.34. The number of aryl methyl sites for hydroxylation is 1. The topological polar surface area (TPSA) is 137 Å². The van der Waals surface area contributed by atoms with E-state index in [-0.39, 0.29) is 22.2 Å². The molecule has 2 N–H and O–H groups in total. The molecule has 13 heteroatoms. The number of nitrogens with one attached hydrogen (secondary N) is 2. The van der Waals surface area contributed by atoms with Crippen LogP contribution in [0.3, 0.4) is 0 Å². The van der Waals surface area contributed by atoms with E-state index in [1.54, 1.807) is 69.8 Å². The molecule has 1 aliphatic rings. The molecule has 244 valence electrons. The van der Waals surface area contributed by atoms with Crippen LogP contribution < -0.4 is 24.8 Å². The van der Waals surface area contributed by atoms with E-state index in [1.165, 1.54) is 0 Å². The van der Waals surface area contributed by atoms with Crippen LogP contribution in [-0.4, -0.2) is 67.5 Å². The first-order valence-electron chi connectivity index (χ1n) is 15.0. The number of carbonyl (C=O) groups is 2. The summed E-state index contributed by atoms with van der Waals surface area (Å²) < 4.78 is 28.1. The maximum Gasteiger partial charge on any atom is 0.324 e. The van der Waals surface area contributed by atoms with Gasteiger partial charge in [-0.3, -0.25) is 15.1 Å².